The molecular formula is C24H28N2O5. The molecule has 0 aliphatic carbocycles. The molecule has 0 aromatic heterocycles. The van der Waals surface area contributed by atoms with Crippen LogP contribution in [0.4, 0.5) is 5.69 Å². The van der Waals surface area contributed by atoms with Gasteiger partial charge in [0.1, 0.15) is 23.7 Å². The predicted octanol–water partition coefficient (Wildman–Crippen LogP) is 2.98. The number of amides is 1. The molecule has 2 heterocycles. The van der Waals surface area contributed by atoms with Crippen LogP contribution in [0, 0.1) is 12.8 Å². The van der Waals surface area contributed by atoms with Crippen molar-refractivity contribution in [3.05, 3.63) is 53.1 Å². The summed E-state index contributed by atoms with van der Waals surface area (Å²) < 4.78 is 17.8. The Morgan fingerprint density at radius 1 is 1.26 bits per heavy atom. The molecule has 7 nitrogen and oxygen atoms in total. The van der Waals surface area contributed by atoms with Crippen LogP contribution in [-0.4, -0.2) is 50.2 Å². The van der Waals surface area contributed by atoms with Crippen LogP contribution in [0.1, 0.15) is 40.1 Å². The molecule has 0 radical (unpaired) electrons. The molecule has 0 saturated carbocycles. The maximum atomic E-state index is 13.3. The minimum absolute atomic E-state index is 0.167. The van der Waals surface area contributed by atoms with E-state index in [0.717, 1.165) is 17.0 Å². The Balaban J connectivity index is 1.69. The first-order valence-corrected chi connectivity index (χ1v) is 10.5. The fourth-order valence-electron chi connectivity index (χ4n) is 4.06. The lowest BCUT2D eigenvalue weighted by Gasteiger charge is -2.40. The summed E-state index contributed by atoms with van der Waals surface area (Å²) >= 11 is 0. The largest absolute Gasteiger partial charge is 0.489 e. The number of ketones is 1. The summed E-state index contributed by atoms with van der Waals surface area (Å²) in [6, 6.07) is 11.2. The van der Waals surface area contributed by atoms with Crippen molar-refractivity contribution in [2.45, 2.75) is 26.4 Å². The minimum Gasteiger partial charge on any atom is -0.489 e. The quantitative estimate of drug-likeness (QED) is 0.794. The van der Waals surface area contributed by atoms with Gasteiger partial charge < -0.3 is 24.8 Å². The van der Waals surface area contributed by atoms with Crippen LogP contribution in [0.15, 0.2) is 36.4 Å². The topological polar surface area (TPSA) is 91.1 Å². The second-order valence-electron chi connectivity index (χ2n) is 8.38. The highest BCUT2D eigenvalue weighted by Crippen LogP contribution is 2.41. The number of ether oxygens (including phenoxy) is 3. The molecule has 0 spiro atoms. The average molecular weight is 424 g/mol. The average Bonchev–Trinajstić information content (AvgIpc) is 2.77. The molecule has 2 aromatic carbocycles. The van der Waals surface area contributed by atoms with Gasteiger partial charge in [-0.25, -0.2) is 0 Å². The number of rotatable bonds is 5. The van der Waals surface area contributed by atoms with E-state index in [1.54, 1.807) is 13.0 Å². The minimum atomic E-state index is -0.898. The van der Waals surface area contributed by atoms with Crippen LogP contribution in [0.25, 0.3) is 0 Å². The van der Waals surface area contributed by atoms with Gasteiger partial charge in [0.2, 0.25) is 5.91 Å². The second kappa shape index (κ2) is 8.23. The number of morpholine rings is 1. The summed E-state index contributed by atoms with van der Waals surface area (Å²) in [7, 11) is 0. The number of primary amides is 1. The number of aryl methyl sites for hydroxylation is 1. The lowest BCUT2D eigenvalue weighted by Crippen LogP contribution is -2.51. The van der Waals surface area contributed by atoms with E-state index in [2.05, 4.69) is 4.90 Å². The molecule has 164 valence electrons. The fraction of sp³-hybridized carbons (Fsp3) is 0.417. The normalized spacial score (nSPS) is 23.1. The smallest absolute Gasteiger partial charge is 0.249 e. The van der Waals surface area contributed by atoms with Crippen LogP contribution in [0.3, 0.4) is 0 Å². The summed E-state index contributed by atoms with van der Waals surface area (Å²) in [5.74, 6) is -0.208. The zero-order valence-corrected chi connectivity index (χ0v) is 18.1. The number of nitrogens with two attached hydrogens (primary N) is 1. The summed E-state index contributed by atoms with van der Waals surface area (Å²) in [5.41, 5.74) is 7.00. The first-order valence-electron chi connectivity index (χ1n) is 10.5. The summed E-state index contributed by atoms with van der Waals surface area (Å²) in [4.78, 5) is 27.7. The second-order valence-corrected chi connectivity index (χ2v) is 8.38. The third-order valence-corrected chi connectivity index (χ3v) is 6.24. The number of benzene rings is 2. The van der Waals surface area contributed by atoms with Crippen molar-refractivity contribution >= 4 is 17.4 Å². The van der Waals surface area contributed by atoms with E-state index in [0.29, 0.717) is 32.1 Å². The molecule has 2 aliphatic heterocycles. The number of nitrogens with zero attached hydrogens (tertiary/aromatic N) is 1. The van der Waals surface area contributed by atoms with Crippen LogP contribution >= 0.6 is 0 Å². The Kier molecular flexibility index (Phi) is 5.62. The van der Waals surface area contributed by atoms with Gasteiger partial charge in [-0.1, -0.05) is 25.1 Å². The molecule has 31 heavy (non-hydrogen) atoms. The molecule has 7 heteroatoms. The van der Waals surface area contributed by atoms with Crippen molar-refractivity contribution in [1.82, 2.24) is 0 Å². The van der Waals surface area contributed by atoms with Crippen molar-refractivity contribution in [3.63, 3.8) is 0 Å². The van der Waals surface area contributed by atoms with Crippen LogP contribution in [0.5, 0.6) is 11.5 Å². The molecule has 1 saturated heterocycles. The molecule has 1 amide bonds. The number of Topliss-reactive ketones (excluding diaryl/α,β-unsaturated/α-hetero) is 1. The molecule has 2 aliphatic rings. The number of anilines is 1. The van der Waals surface area contributed by atoms with Gasteiger partial charge in [-0.05, 0) is 31.5 Å². The van der Waals surface area contributed by atoms with Crippen molar-refractivity contribution in [3.8, 4) is 11.5 Å². The highest BCUT2D eigenvalue weighted by atomic mass is 16.5. The molecule has 4 rings (SSSR count). The Morgan fingerprint density at radius 3 is 2.65 bits per heavy atom. The van der Waals surface area contributed by atoms with Gasteiger partial charge in [0.05, 0.1) is 30.3 Å². The van der Waals surface area contributed by atoms with Crippen LogP contribution in [0.2, 0.25) is 0 Å². The van der Waals surface area contributed by atoms with Crippen molar-refractivity contribution in [2.75, 3.05) is 37.8 Å². The lowest BCUT2D eigenvalue weighted by molar-refractivity contribution is -0.0128. The molecule has 2 aromatic rings. The van der Waals surface area contributed by atoms with Gasteiger partial charge in [0.25, 0.3) is 0 Å². The van der Waals surface area contributed by atoms with E-state index in [9.17, 15) is 9.59 Å². The zero-order chi connectivity index (χ0) is 22.2. The van der Waals surface area contributed by atoms with Gasteiger partial charge in [0.15, 0.2) is 5.78 Å². The van der Waals surface area contributed by atoms with E-state index >= 15 is 0 Å². The van der Waals surface area contributed by atoms with E-state index in [4.69, 9.17) is 19.9 Å². The molecule has 1 fully saturated rings. The Bertz CT molecular complexity index is 1020. The maximum Gasteiger partial charge on any atom is 0.249 e. The van der Waals surface area contributed by atoms with Gasteiger partial charge in [-0.3, -0.25) is 9.59 Å². The predicted molar refractivity (Wildman–Crippen MR) is 117 cm³/mol. The first kappa shape index (κ1) is 21.2. The van der Waals surface area contributed by atoms with Crippen LogP contribution < -0.4 is 20.1 Å². The number of carbonyl (C=O) groups is 2. The fourth-order valence-corrected chi connectivity index (χ4v) is 4.06. The van der Waals surface area contributed by atoms with Crippen molar-refractivity contribution in [1.29, 1.82) is 0 Å². The van der Waals surface area contributed by atoms with E-state index in [-0.39, 0.29) is 23.5 Å². The van der Waals surface area contributed by atoms with Crippen molar-refractivity contribution in [2.24, 2.45) is 11.7 Å². The molecule has 0 bridgehead atoms. The number of hydrogen-bond acceptors (Lipinski definition) is 6. The summed E-state index contributed by atoms with van der Waals surface area (Å²) in [6.45, 7) is 8.40. The highest BCUT2D eigenvalue weighted by Gasteiger charge is 2.46. The van der Waals surface area contributed by atoms with Gasteiger partial charge in [0, 0.05) is 24.8 Å². The third-order valence-electron chi connectivity index (χ3n) is 6.24. The van der Waals surface area contributed by atoms with Crippen LogP contribution in [-0.2, 0) is 4.74 Å². The maximum absolute atomic E-state index is 13.3. The SMILES string of the molecule is Cc1ccccc1OCC1(C)Oc2cc(N3CCOCC3)cc(C(N)=O)c2C(=O)C1C. The highest BCUT2D eigenvalue weighted by molar-refractivity contribution is 6.12. The number of hydrogen-bond donors (Lipinski definition) is 1. The monoisotopic (exact) mass is 424 g/mol. The van der Waals surface area contributed by atoms with Crippen molar-refractivity contribution < 1.29 is 23.8 Å². The Labute approximate surface area is 182 Å². The number of carbonyl (C=O) groups excluding carboxylic acids is 2. The van der Waals surface area contributed by atoms with Gasteiger partial charge in [-0.15, -0.1) is 0 Å². The number of fused-ring (bicyclic) bond motifs is 1. The van der Waals surface area contributed by atoms with Gasteiger partial charge in [-0.2, -0.15) is 0 Å². The molecular weight excluding hydrogens is 396 g/mol. The van der Waals surface area contributed by atoms with E-state index in [1.165, 1.54) is 0 Å². The first-order chi connectivity index (χ1) is 14.8. The molecule has 2 N–H and O–H groups in total. The summed E-state index contributed by atoms with van der Waals surface area (Å²) in [6.07, 6.45) is 0. The number of para-hydroxylation sites is 1. The Morgan fingerprint density at radius 2 is 1.97 bits per heavy atom. The molecule has 2 unspecified atom stereocenters. The Hall–Kier alpha value is -3.06. The van der Waals surface area contributed by atoms with E-state index < -0.39 is 17.4 Å². The zero-order valence-electron chi connectivity index (χ0n) is 18.1. The standard InChI is InChI=1S/C24H28N2O5/c1-15-6-4-5-7-19(15)30-14-24(3)16(2)22(27)21-18(23(25)28)12-17(13-20(21)31-24)26-8-10-29-11-9-26/h4-7,12-13,16H,8-11,14H2,1-3H3,(H2,25,28). The van der Waals surface area contributed by atoms with Gasteiger partial charge >= 0.3 is 0 Å². The lowest BCUT2D eigenvalue weighted by atomic mass is 9.80. The third kappa shape index (κ3) is 3.97. The summed E-state index contributed by atoms with van der Waals surface area (Å²) in [5, 5.41) is 0. The van der Waals surface area contributed by atoms with E-state index in [1.807, 2.05) is 44.2 Å². The molecule has 2 atom stereocenters.